The van der Waals surface area contributed by atoms with Gasteiger partial charge in [-0.1, -0.05) is 42.0 Å². The van der Waals surface area contributed by atoms with Gasteiger partial charge in [-0.25, -0.2) is 0 Å². The van der Waals surface area contributed by atoms with Crippen LogP contribution in [0.1, 0.15) is 47.3 Å². The molecule has 2 aromatic carbocycles. The number of nitrogens with one attached hydrogen (secondary N) is 1. The van der Waals surface area contributed by atoms with Crippen LogP contribution in [0.15, 0.2) is 48.5 Å². The fraction of sp³-hybridized carbons (Fsp3) is 0.333. The van der Waals surface area contributed by atoms with Gasteiger partial charge in [0.2, 0.25) is 5.91 Å². The first-order valence-electron chi connectivity index (χ1n) is 8.74. The Bertz CT molecular complexity index is 785. The second-order valence-electron chi connectivity index (χ2n) is 6.73. The third-order valence-electron chi connectivity index (χ3n) is 4.69. The molecule has 0 radical (unpaired) electrons. The number of benzene rings is 2. The molecule has 1 amide bonds. The Labute approximate surface area is 148 Å². The number of anilines is 1. The number of aryl methyl sites for hydroxylation is 1. The van der Waals surface area contributed by atoms with Crippen LogP contribution >= 0.6 is 0 Å². The summed E-state index contributed by atoms with van der Waals surface area (Å²) in [5.41, 5.74) is 3.80. The van der Waals surface area contributed by atoms with Gasteiger partial charge in [0.25, 0.3) is 0 Å². The van der Waals surface area contributed by atoms with Crippen LogP contribution in [0, 0.1) is 6.92 Å². The van der Waals surface area contributed by atoms with Crippen molar-refractivity contribution in [2.24, 2.45) is 0 Å². The summed E-state index contributed by atoms with van der Waals surface area (Å²) in [6, 6.07) is 15.9. The van der Waals surface area contributed by atoms with E-state index in [9.17, 15) is 9.59 Å². The molecular weight excluding hydrogens is 312 g/mol. The number of nitrogens with zero attached hydrogens (tertiary/aromatic N) is 1. The van der Waals surface area contributed by atoms with Crippen molar-refractivity contribution in [3.63, 3.8) is 0 Å². The highest BCUT2D eigenvalue weighted by atomic mass is 16.2. The molecule has 1 aliphatic rings. The molecule has 1 aliphatic heterocycles. The molecule has 0 aliphatic carbocycles. The zero-order valence-corrected chi connectivity index (χ0v) is 14.8. The molecule has 130 valence electrons. The van der Waals surface area contributed by atoms with Crippen molar-refractivity contribution >= 4 is 17.4 Å². The Balaban J connectivity index is 1.66. The van der Waals surface area contributed by atoms with Crippen molar-refractivity contribution in [2.75, 3.05) is 18.4 Å². The summed E-state index contributed by atoms with van der Waals surface area (Å²) in [6.07, 6.45) is 2.18. The van der Waals surface area contributed by atoms with Crippen molar-refractivity contribution in [3.8, 4) is 0 Å². The molecule has 0 aromatic heterocycles. The van der Waals surface area contributed by atoms with E-state index in [4.69, 9.17) is 0 Å². The van der Waals surface area contributed by atoms with E-state index in [2.05, 4.69) is 41.4 Å². The van der Waals surface area contributed by atoms with Crippen LogP contribution in [0.2, 0.25) is 0 Å². The van der Waals surface area contributed by atoms with E-state index in [1.54, 1.807) is 18.2 Å². The predicted molar refractivity (Wildman–Crippen MR) is 99.8 cm³/mol. The van der Waals surface area contributed by atoms with Crippen LogP contribution in [-0.4, -0.2) is 29.7 Å². The Kier molecular flexibility index (Phi) is 5.29. The number of amides is 1. The van der Waals surface area contributed by atoms with Crippen molar-refractivity contribution < 1.29 is 9.59 Å². The minimum Gasteiger partial charge on any atom is -0.325 e. The van der Waals surface area contributed by atoms with Crippen LogP contribution in [0.5, 0.6) is 0 Å². The Morgan fingerprint density at radius 3 is 2.72 bits per heavy atom. The smallest absolute Gasteiger partial charge is 0.238 e. The molecule has 0 saturated carbocycles. The third-order valence-corrected chi connectivity index (χ3v) is 4.69. The minimum atomic E-state index is -0.0414. The molecule has 1 unspecified atom stereocenters. The molecule has 0 bridgehead atoms. The van der Waals surface area contributed by atoms with Gasteiger partial charge in [0.1, 0.15) is 0 Å². The highest BCUT2D eigenvalue weighted by molar-refractivity contribution is 5.97. The normalized spacial score (nSPS) is 17.4. The van der Waals surface area contributed by atoms with Gasteiger partial charge in [-0.3, -0.25) is 14.5 Å². The average Bonchev–Trinajstić information content (AvgIpc) is 3.03. The first-order valence-corrected chi connectivity index (χ1v) is 8.74. The lowest BCUT2D eigenvalue weighted by Crippen LogP contribution is -2.33. The van der Waals surface area contributed by atoms with Gasteiger partial charge in [0.15, 0.2) is 5.78 Å². The maximum absolute atomic E-state index is 12.5. The lowest BCUT2D eigenvalue weighted by atomic mass is 10.0. The average molecular weight is 336 g/mol. The lowest BCUT2D eigenvalue weighted by Gasteiger charge is -2.24. The summed E-state index contributed by atoms with van der Waals surface area (Å²) >= 11 is 0. The van der Waals surface area contributed by atoms with Gasteiger partial charge in [0, 0.05) is 17.3 Å². The maximum atomic E-state index is 12.5. The Morgan fingerprint density at radius 2 is 1.96 bits per heavy atom. The van der Waals surface area contributed by atoms with Crippen LogP contribution in [0.25, 0.3) is 0 Å². The standard InChI is InChI=1S/C21H24N2O2/c1-15-6-3-8-18(12-15)20-10-5-11-23(20)14-21(25)22-19-9-4-7-17(13-19)16(2)24/h3-4,6-9,12-13,20H,5,10-11,14H2,1-2H3,(H,22,25). The Hall–Kier alpha value is -2.46. The van der Waals surface area contributed by atoms with Crippen molar-refractivity contribution in [1.29, 1.82) is 0 Å². The fourth-order valence-electron chi connectivity index (χ4n) is 3.47. The highest BCUT2D eigenvalue weighted by Crippen LogP contribution is 2.31. The lowest BCUT2D eigenvalue weighted by molar-refractivity contribution is -0.117. The molecule has 0 spiro atoms. The van der Waals surface area contributed by atoms with Crippen molar-refractivity contribution in [1.82, 2.24) is 4.90 Å². The Morgan fingerprint density at radius 1 is 1.16 bits per heavy atom. The van der Waals surface area contributed by atoms with Gasteiger partial charge in [-0.15, -0.1) is 0 Å². The number of carbonyl (C=O) groups is 2. The fourth-order valence-corrected chi connectivity index (χ4v) is 3.47. The maximum Gasteiger partial charge on any atom is 0.238 e. The van der Waals surface area contributed by atoms with E-state index in [1.165, 1.54) is 18.1 Å². The van der Waals surface area contributed by atoms with Gasteiger partial charge in [0.05, 0.1) is 6.54 Å². The number of carbonyl (C=O) groups excluding carboxylic acids is 2. The van der Waals surface area contributed by atoms with Crippen LogP contribution in [0.3, 0.4) is 0 Å². The zero-order chi connectivity index (χ0) is 17.8. The second-order valence-corrected chi connectivity index (χ2v) is 6.73. The van der Waals surface area contributed by atoms with E-state index < -0.39 is 0 Å². The molecule has 1 heterocycles. The molecule has 2 aromatic rings. The molecule has 1 N–H and O–H groups in total. The number of rotatable bonds is 5. The predicted octanol–water partition coefficient (Wildman–Crippen LogP) is 3.97. The van der Waals surface area contributed by atoms with E-state index in [-0.39, 0.29) is 11.7 Å². The summed E-state index contributed by atoms with van der Waals surface area (Å²) in [6.45, 7) is 4.91. The summed E-state index contributed by atoms with van der Waals surface area (Å²) < 4.78 is 0. The minimum absolute atomic E-state index is 0.00449. The molecule has 3 rings (SSSR count). The molecular formula is C21H24N2O2. The van der Waals surface area contributed by atoms with Crippen LogP contribution < -0.4 is 5.32 Å². The number of likely N-dealkylation sites (tertiary alicyclic amines) is 1. The van der Waals surface area contributed by atoms with Crippen LogP contribution in [0.4, 0.5) is 5.69 Å². The number of hydrogen-bond acceptors (Lipinski definition) is 3. The number of ketones is 1. The topological polar surface area (TPSA) is 49.4 Å². The van der Waals surface area contributed by atoms with E-state index in [0.717, 1.165) is 19.4 Å². The molecule has 25 heavy (non-hydrogen) atoms. The molecule has 1 atom stereocenters. The van der Waals surface area contributed by atoms with Gasteiger partial charge in [-0.2, -0.15) is 0 Å². The van der Waals surface area contributed by atoms with E-state index >= 15 is 0 Å². The van der Waals surface area contributed by atoms with Gasteiger partial charge in [-0.05, 0) is 50.9 Å². The van der Waals surface area contributed by atoms with Crippen molar-refractivity contribution in [3.05, 3.63) is 65.2 Å². The van der Waals surface area contributed by atoms with E-state index in [0.29, 0.717) is 23.8 Å². The van der Waals surface area contributed by atoms with E-state index in [1.807, 2.05) is 6.07 Å². The second kappa shape index (κ2) is 7.62. The number of hydrogen-bond donors (Lipinski definition) is 1. The quantitative estimate of drug-likeness (QED) is 0.841. The molecule has 4 heteroatoms. The van der Waals surface area contributed by atoms with Gasteiger partial charge < -0.3 is 5.32 Å². The molecule has 1 fully saturated rings. The molecule has 4 nitrogen and oxygen atoms in total. The monoisotopic (exact) mass is 336 g/mol. The first-order chi connectivity index (χ1) is 12.0. The zero-order valence-electron chi connectivity index (χ0n) is 14.8. The largest absolute Gasteiger partial charge is 0.325 e. The SMILES string of the molecule is CC(=O)c1cccc(NC(=O)CN2CCCC2c2cccc(C)c2)c1. The summed E-state index contributed by atoms with van der Waals surface area (Å²) in [5, 5.41) is 2.91. The summed E-state index contributed by atoms with van der Waals surface area (Å²) in [7, 11) is 0. The van der Waals surface area contributed by atoms with Gasteiger partial charge >= 0.3 is 0 Å². The summed E-state index contributed by atoms with van der Waals surface area (Å²) in [5.74, 6) is -0.0459. The summed E-state index contributed by atoms with van der Waals surface area (Å²) in [4.78, 5) is 26.2. The highest BCUT2D eigenvalue weighted by Gasteiger charge is 2.27. The molecule has 1 saturated heterocycles. The number of Topliss-reactive ketones (excluding diaryl/α,β-unsaturated/α-hetero) is 1. The van der Waals surface area contributed by atoms with Crippen molar-refractivity contribution in [2.45, 2.75) is 32.7 Å². The van der Waals surface area contributed by atoms with Crippen LogP contribution in [-0.2, 0) is 4.79 Å². The first kappa shape index (κ1) is 17.4. The third kappa shape index (κ3) is 4.34.